The molecule has 0 aliphatic carbocycles. The van der Waals surface area contributed by atoms with Gasteiger partial charge in [-0.25, -0.2) is 0 Å². The third-order valence-corrected chi connectivity index (χ3v) is 6.16. The van der Waals surface area contributed by atoms with E-state index in [0.717, 1.165) is 25.1 Å². The molecule has 0 saturated carbocycles. The van der Waals surface area contributed by atoms with E-state index >= 15 is 0 Å². The van der Waals surface area contributed by atoms with Crippen LogP contribution in [-0.2, 0) is 22.5 Å². The molecule has 142 valence electrons. The molecule has 2 aliphatic heterocycles. The zero-order chi connectivity index (χ0) is 18.8. The molecule has 1 fully saturated rings. The Balaban J connectivity index is 1.50. The zero-order valence-electron chi connectivity index (χ0n) is 15.3. The van der Waals surface area contributed by atoms with E-state index < -0.39 is 6.10 Å². The minimum absolute atomic E-state index is 0.0102. The van der Waals surface area contributed by atoms with Crippen LogP contribution in [0, 0.1) is 6.92 Å². The maximum Gasteiger partial charge on any atom is 0.254 e. The Bertz CT molecular complexity index is 858. The van der Waals surface area contributed by atoms with Crippen LogP contribution in [0.25, 0.3) is 0 Å². The maximum absolute atomic E-state index is 13.1. The second-order valence-electron chi connectivity index (χ2n) is 6.88. The Morgan fingerprint density at radius 3 is 3.04 bits per heavy atom. The SMILES string of the molecule is Cc1c(NC(=O)C2CNCCO2)cccc1C(=O)N1CCc2sccc2C1. The van der Waals surface area contributed by atoms with Crippen molar-refractivity contribution in [3.8, 4) is 0 Å². The number of thiophene rings is 1. The van der Waals surface area contributed by atoms with E-state index in [1.807, 2.05) is 30.0 Å². The molecule has 0 radical (unpaired) electrons. The fourth-order valence-electron chi connectivity index (χ4n) is 3.54. The van der Waals surface area contributed by atoms with Crippen molar-refractivity contribution in [3.63, 3.8) is 0 Å². The van der Waals surface area contributed by atoms with Gasteiger partial charge < -0.3 is 20.3 Å². The predicted octanol–water partition coefficient (Wildman–Crippen LogP) is 2.18. The van der Waals surface area contributed by atoms with Gasteiger partial charge in [-0.2, -0.15) is 0 Å². The Labute approximate surface area is 162 Å². The minimum atomic E-state index is -0.503. The molecule has 2 aliphatic rings. The van der Waals surface area contributed by atoms with Gasteiger partial charge in [-0.15, -0.1) is 11.3 Å². The first-order chi connectivity index (χ1) is 13.1. The van der Waals surface area contributed by atoms with Gasteiger partial charge in [0.05, 0.1) is 6.61 Å². The first kappa shape index (κ1) is 18.2. The molecule has 3 heterocycles. The minimum Gasteiger partial charge on any atom is -0.366 e. The third-order valence-electron chi connectivity index (χ3n) is 5.14. The lowest BCUT2D eigenvalue weighted by molar-refractivity contribution is -0.128. The van der Waals surface area contributed by atoms with E-state index in [-0.39, 0.29) is 11.8 Å². The average Bonchev–Trinajstić information content (AvgIpc) is 3.17. The van der Waals surface area contributed by atoms with Gasteiger partial charge in [-0.1, -0.05) is 6.07 Å². The Hall–Kier alpha value is -2.22. The molecule has 0 spiro atoms. The summed E-state index contributed by atoms with van der Waals surface area (Å²) in [6.45, 7) is 5.03. The highest BCUT2D eigenvalue weighted by Gasteiger charge is 2.26. The lowest BCUT2D eigenvalue weighted by Gasteiger charge is -2.28. The third kappa shape index (κ3) is 3.76. The molecule has 2 aromatic rings. The molecule has 1 aromatic carbocycles. The van der Waals surface area contributed by atoms with Crippen LogP contribution < -0.4 is 10.6 Å². The van der Waals surface area contributed by atoms with Crippen LogP contribution in [0.1, 0.15) is 26.4 Å². The van der Waals surface area contributed by atoms with E-state index in [0.29, 0.717) is 30.9 Å². The van der Waals surface area contributed by atoms with Crippen molar-refractivity contribution in [3.05, 3.63) is 51.2 Å². The number of fused-ring (bicyclic) bond motifs is 1. The van der Waals surface area contributed by atoms with E-state index in [2.05, 4.69) is 22.1 Å². The van der Waals surface area contributed by atoms with Crippen molar-refractivity contribution in [1.82, 2.24) is 10.2 Å². The number of nitrogens with zero attached hydrogens (tertiary/aromatic N) is 1. The molecular weight excluding hydrogens is 362 g/mol. The van der Waals surface area contributed by atoms with Gasteiger partial charge in [-0.3, -0.25) is 9.59 Å². The highest BCUT2D eigenvalue weighted by molar-refractivity contribution is 7.10. The van der Waals surface area contributed by atoms with Crippen LogP contribution >= 0.6 is 11.3 Å². The van der Waals surface area contributed by atoms with Crippen molar-refractivity contribution in [2.45, 2.75) is 26.0 Å². The van der Waals surface area contributed by atoms with Crippen LogP contribution in [0.5, 0.6) is 0 Å². The lowest BCUT2D eigenvalue weighted by Crippen LogP contribution is -2.45. The molecule has 2 amide bonds. The predicted molar refractivity (Wildman–Crippen MR) is 105 cm³/mol. The van der Waals surface area contributed by atoms with Crippen molar-refractivity contribution >= 4 is 28.8 Å². The van der Waals surface area contributed by atoms with Crippen molar-refractivity contribution in [2.24, 2.45) is 0 Å². The fourth-order valence-corrected chi connectivity index (χ4v) is 4.43. The number of carbonyl (C=O) groups excluding carboxylic acids is 2. The van der Waals surface area contributed by atoms with Crippen molar-refractivity contribution in [1.29, 1.82) is 0 Å². The summed E-state index contributed by atoms with van der Waals surface area (Å²) in [4.78, 5) is 28.8. The number of nitrogens with one attached hydrogen (secondary N) is 2. The van der Waals surface area contributed by atoms with Crippen molar-refractivity contribution in [2.75, 3.05) is 31.6 Å². The van der Waals surface area contributed by atoms with Crippen LogP contribution in [0.15, 0.2) is 29.6 Å². The lowest BCUT2D eigenvalue weighted by atomic mass is 10.0. The van der Waals surface area contributed by atoms with E-state index in [1.165, 1.54) is 10.4 Å². The number of hydrogen-bond donors (Lipinski definition) is 2. The summed E-state index contributed by atoms with van der Waals surface area (Å²) in [6.07, 6.45) is 0.400. The number of anilines is 1. The van der Waals surface area contributed by atoms with Crippen LogP contribution in [-0.4, -0.2) is 49.1 Å². The number of ether oxygens (including phenoxy) is 1. The smallest absolute Gasteiger partial charge is 0.254 e. The van der Waals surface area contributed by atoms with E-state index in [1.54, 1.807) is 11.3 Å². The molecule has 1 saturated heterocycles. The quantitative estimate of drug-likeness (QED) is 0.850. The maximum atomic E-state index is 13.1. The monoisotopic (exact) mass is 385 g/mol. The number of benzene rings is 1. The summed E-state index contributed by atoms with van der Waals surface area (Å²) < 4.78 is 5.50. The van der Waals surface area contributed by atoms with Gasteiger partial charge in [0.1, 0.15) is 6.10 Å². The Morgan fingerprint density at radius 2 is 2.22 bits per heavy atom. The number of carbonyl (C=O) groups is 2. The molecular formula is C20H23N3O3S. The second kappa shape index (κ2) is 7.80. The highest BCUT2D eigenvalue weighted by Crippen LogP contribution is 2.27. The summed E-state index contributed by atoms with van der Waals surface area (Å²) in [7, 11) is 0. The molecule has 7 heteroatoms. The van der Waals surface area contributed by atoms with Gasteiger partial charge in [0.15, 0.2) is 0 Å². The summed E-state index contributed by atoms with van der Waals surface area (Å²) in [5.41, 5.74) is 3.32. The highest BCUT2D eigenvalue weighted by atomic mass is 32.1. The zero-order valence-corrected chi connectivity index (χ0v) is 16.1. The largest absolute Gasteiger partial charge is 0.366 e. The molecule has 1 aromatic heterocycles. The fraction of sp³-hybridized carbons (Fsp3) is 0.400. The summed E-state index contributed by atoms with van der Waals surface area (Å²) in [5.74, 6) is -0.174. The summed E-state index contributed by atoms with van der Waals surface area (Å²) in [6, 6.07) is 7.57. The van der Waals surface area contributed by atoms with E-state index in [4.69, 9.17) is 4.74 Å². The van der Waals surface area contributed by atoms with Crippen LogP contribution in [0.3, 0.4) is 0 Å². The topological polar surface area (TPSA) is 70.7 Å². The summed E-state index contributed by atoms with van der Waals surface area (Å²) in [5, 5.41) is 8.15. The molecule has 27 heavy (non-hydrogen) atoms. The normalized spacial score (nSPS) is 19.4. The standard InChI is InChI=1S/C20H23N3O3S/c1-13-15(20(25)23-8-5-18-14(12-23)6-10-27-18)3-2-4-16(13)22-19(24)17-11-21-7-9-26-17/h2-4,6,10,17,21H,5,7-9,11-12H2,1H3,(H,22,24). The van der Waals surface area contributed by atoms with Crippen LogP contribution in [0.4, 0.5) is 5.69 Å². The Morgan fingerprint density at radius 1 is 1.33 bits per heavy atom. The van der Waals surface area contributed by atoms with Gasteiger partial charge in [-0.05, 0) is 48.1 Å². The molecule has 4 rings (SSSR count). The molecule has 2 N–H and O–H groups in total. The van der Waals surface area contributed by atoms with E-state index in [9.17, 15) is 9.59 Å². The van der Waals surface area contributed by atoms with Gasteiger partial charge in [0, 0.05) is 42.3 Å². The summed E-state index contributed by atoms with van der Waals surface area (Å²) >= 11 is 1.76. The number of amides is 2. The first-order valence-corrected chi connectivity index (χ1v) is 10.1. The van der Waals surface area contributed by atoms with Crippen LogP contribution in [0.2, 0.25) is 0 Å². The average molecular weight is 385 g/mol. The molecule has 1 unspecified atom stereocenters. The Kier molecular flexibility index (Phi) is 5.24. The number of morpholine rings is 1. The van der Waals surface area contributed by atoms with Crippen molar-refractivity contribution < 1.29 is 14.3 Å². The first-order valence-electron chi connectivity index (χ1n) is 9.21. The van der Waals surface area contributed by atoms with Gasteiger partial charge in [0.2, 0.25) is 0 Å². The molecule has 6 nitrogen and oxygen atoms in total. The van der Waals surface area contributed by atoms with Gasteiger partial charge >= 0.3 is 0 Å². The molecule has 1 atom stereocenters. The number of hydrogen-bond acceptors (Lipinski definition) is 5. The van der Waals surface area contributed by atoms with Gasteiger partial charge in [0.25, 0.3) is 11.8 Å². The number of rotatable bonds is 3. The second-order valence-corrected chi connectivity index (χ2v) is 7.88. The molecule has 0 bridgehead atoms.